The van der Waals surface area contributed by atoms with Crippen molar-refractivity contribution in [2.45, 2.75) is 32.4 Å². The normalized spacial score (nSPS) is 21.3. The Balaban J connectivity index is 2.01. The molecule has 0 saturated carbocycles. The summed E-state index contributed by atoms with van der Waals surface area (Å²) < 4.78 is 10.0. The standard InChI is InChI=1S/C15H23N3O5/c1-5-15(8-17(9-15)12(20)23-14(2,3)4)10(16)11(19)18-6-7-22-13(18)21/h5,10H,1,6-9,16H2,2-4H3. The van der Waals surface area contributed by atoms with Crippen LogP contribution in [0.2, 0.25) is 0 Å². The van der Waals surface area contributed by atoms with Gasteiger partial charge in [0.05, 0.1) is 12.6 Å². The third-order valence-electron chi connectivity index (χ3n) is 3.94. The van der Waals surface area contributed by atoms with Gasteiger partial charge in [0, 0.05) is 18.5 Å². The smallest absolute Gasteiger partial charge is 0.416 e. The Hall–Kier alpha value is -2.09. The fourth-order valence-corrected chi connectivity index (χ4v) is 2.58. The third-order valence-corrected chi connectivity index (χ3v) is 3.94. The van der Waals surface area contributed by atoms with Gasteiger partial charge in [0.2, 0.25) is 5.91 Å². The van der Waals surface area contributed by atoms with E-state index in [4.69, 9.17) is 15.2 Å². The van der Waals surface area contributed by atoms with E-state index >= 15 is 0 Å². The first-order valence-electron chi connectivity index (χ1n) is 7.45. The van der Waals surface area contributed by atoms with Crippen LogP contribution >= 0.6 is 0 Å². The predicted molar refractivity (Wildman–Crippen MR) is 81.5 cm³/mol. The van der Waals surface area contributed by atoms with Gasteiger partial charge in [-0.1, -0.05) is 6.08 Å². The first-order chi connectivity index (χ1) is 10.6. The minimum atomic E-state index is -0.968. The maximum atomic E-state index is 12.4. The van der Waals surface area contributed by atoms with Crippen molar-refractivity contribution in [2.24, 2.45) is 11.1 Å². The van der Waals surface area contributed by atoms with Crippen LogP contribution < -0.4 is 5.73 Å². The molecule has 0 spiro atoms. The Morgan fingerprint density at radius 1 is 1.43 bits per heavy atom. The van der Waals surface area contributed by atoms with Gasteiger partial charge in [-0.2, -0.15) is 0 Å². The lowest BCUT2D eigenvalue weighted by Crippen LogP contribution is -2.68. The fourth-order valence-electron chi connectivity index (χ4n) is 2.58. The number of nitrogens with zero attached hydrogens (tertiary/aromatic N) is 2. The maximum Gasteiger partial charge on any atom is 0.416 e. The Morgan fingerprint density at radius 3 is 2.48 bits per heavy atom. The quantitative estimate of drug-likeness (QED) is 0.767. The van der Waals surface area contributed by atoms with Crippen molar-refractivity contribution >= 4 is 18.1 Å². The van der Waals surface area contributed by atoms with E-state index in [-0.39, 0.29) is 26.2 Å². The lowest BCUT2D eigenvalue weighted by molar-refractivity contribution is -0.134. The van der Waals surface area contributed by atoms with Crippen LogP contribution in [-0.4, -0.2) is 65.8 Å². The van der Waals surface area contributed by atoms with E-state index in [0.29, 0.717) is 0 Å². The first kappa shape index (κ1) is 17.3. The molecule has 2 saturated heterocycles. The molecule has 8 heteroatoms. The second-order valence-electron chi connectivity index (χ2n) is 6.86. The first-order valence-corrected chi connectivity index (χ1v) is 7.45. The minimum Gasteiger partial charge on any atom is -0.447 e. The van der Waals surface area contributed by atoms with E-state index < -0.39 is 35.2 Å². The van der Waals surface area contributed by atoms with Crippen LogP contribution in [0.5, 0.6) is 0 Å². The molecule has 2 aliphatic rings. The molecular formula is C15H23N3O5. The number of nitrogens with two attached hydrogens (primary N) is 1. The highest BCUT2D eigenvalue weighted by molar-refractivity contribution is 5.96. The van der Waals surface area contributed by atoms with E-state index in [9.17, 15) is 14.4 Å². The molecule has 2 rings (SSSR count). The molecule has 1 unspecified atom stereocenters. The van der Waals surface area contributed by atoms with E-state index in [0.717, 1.165) is 4.90 Å². The Bertz CT molecular complexity index is 534. The number of hydrogen-bond acceptors (Lipinski definition) is 6. The lowest BCUT2D eigenvalue weighted by Gasteiger charge is -2.50. The van der Waals surface area contributed by atoms with Gasteiger partial charge in [-0.05, 0) is 20.8 Å². The molecule has 2 heterocycles. The number of carbonyl (C=O) groups excluding carboxylic acids is 3. The number of rotatable bonds is 3. The molecule has 128 valence electrons. The minimum absolute atomic E-state index is 0.169. The molecule has 8 nitrogen and oxygen atoms in total. The zero-order valence-electron chi connectivity index (χ0n) is 13.7. The van der Waals surface area contributed by atoms with Crippen molar-refractivity contribution in [2.75, 3.05) is 26.2 Å². The largest absolute Gasteiger partial charge is 0.447 e. The van der Waals surface area contributed by atoms with E-state index in [1.54, 1.807) is 26.8 Å². The van der Waals surface area contributed by atoms with Gasteiger partial charge in [0.1, 0.15) is 12.2 Å². The third kappa shape index (κ3) is 3.31. The summed E-state index contributed by atoms with van der Waals surface area (Å²) in [7, 11) is 0. The summed E-state index contributed by atoms with van der Waals surface area (Å²) in [5.41, 5.74) is 4.69. The van der Waals surface area contributed by atoms with Gasteiger partial charge in [-0.15, -0.1) is 6.58 Å². The van der Waals surface area contributed by atoms with Crippen molar-refractivity contribution in [1.29, 1.82) is 0 Å². The summed E-state index contributed by atoms with van der Waals surface area (Å²) in [5.74, 6) is -0.517. The fraction of sp³-hybridized carbons (Fsp3) is 0.667. The van der Waals surface area contributed by atoms with E-state index in [2.05, 4.69) is 6.58 Å². The number of ether oxygens (including phenoxy) is 2. The molecule has 0 aliphatic carbocycles. The Morgan fingerprint density at radius 2 is 2.04 bits per heavy atom. The topological polar surface area (TPSA) is 102 Å². The van der Waals surface area contributed by atoms with Crippen molar-refractivity contribution in [3.63, 3.8) is 0 Å². The molecule has 3 amide bonds. The number of likely N-dealkylation sites (tertiary alicyclic amines) is 1. The van der Waals surface area contributed by atoms with Crippen LogP contribution in [0.3, 0.4) is 0 Å². The highest BCUT2D eigenvalue weighted by Crippen LogP contribution is 2.36. The van der Waals surface area contributed by atoms with Crippen molar-refractivity contribution in [1.82, 2.24) is 9.80 Å². The van der Waals surface area contributed by atoms with Crippen LogP contribution in [0.25, 0.3) is 0 Å². The van der Waals surface area contributed by atoms with Gasteiger partial charge in [0.25, 0.3) is 0 Å². The summed E-state index contributed by atoms with van der Waals surface area (Å²) >= 11 is 0. The summed E-state index contributed by atoms with van der Waals surface area (Å²) in [5, 5.41) is 0. The van der Waals surface area contributed by atoms with Crippen LogP contribution in [0, 0.1) is 5.41 Å². The lowest BCUT2D eigenvalue weighted by atomic mass is 9.73. The molecule has 0 aromatic rings. The SMILES string of the molecule is C=CC1(C(N)C(=O)N2CCOC2=O)CN(C(=O)OC(C)(C)C)C1. The zero-order valence-corrected chi connectivity index (χ0v) is 13.7. The Kier molecular flexibility index (Phi) is 4.39. The van der Waals surface area contributed by atoms with Crippen LogP contribution in [0.4, 0.5) is 9.59 Å². The van der Waals surface area contributed by atoms with Gasteiger partial charge in [0.15, 0.2) is 0 Å². The molecule has 0 bridgehead atoms. The summed E-state index contributed by atoms with van der Waals surface area (Å²) in [6.45, 7) is 9.86. The summed E-state index contributed by atoms with van der Waals surface area (Å²) in [4.78, 5) is 38.3. The maximum absolute atomic E-state index is 12.4. The van der Waals surface area contributed by atoms with E-state index in [1.807, 2.05) is 0 Å². The van der Waals surface area contributed by atoms with Gasteiger partial charge >= 0.3 is 12.2 Å². The zero-order chi connectivity index (χ0) is 17.4. The predicted octanol–water partition coefficient (Wildman–Crippen LogP) is 0.716. The van der Waals surface area contributed by atoms with Gasteiger partial charge < -0.3 is 20.1 Å². The molecule has 1 atom stereocenters. The van der Waals surface area contributed by atoms with Gasteiger partial charge in [-0.3, -0.25) is 4.79 Å². The average molecular weight is 325 g/mol. The number of amides is 3. The summed E-state index contributed by atoms with van der Waals surface area (Å²) in [6.07, 6.45) is 0.417. The molecule has 0 aromatic carbocycles. The van der Waals surface area contributed by atoms with Crippen molar-refractivity contribution < 1.29 is 23.9 Å². The van der Waals surface area contributed by atoms with Crippen LogP contribution in [0.15, 0.2) is 12.7 Å². The molecule has 2 fully saturated rings. The van der Waals surface area contributed by atoms with Crippen LogP contribution in [0.1, 0.15) is 20.8 Å². The number of hydrogen-bond donors (Lipinski definition) is 1. The van der Waals surface area contributed by atoms with Crippen LogP contribution in [-0.2, 0) is 14.3 Å². The van der Waals surface area contributed by atoms with Crippen molar-refractivity contribution in [3.8, 4) is 0 Å². The Labute approximate surface area is 135 Å². The number of cyclic esters (lactones) is 1. The van der Waals surface area contributed by atoms with E-state index in [1.165, 1.54) is 4.90 Å². The average Bonchev–Trinajstić information content (AvgIpc) is 2.81. The van der Waals surface area contributed by atoms with Crippen molar-refractivity contribution in [3.05, 3.63) is 12.7 Å². The highest BCUT2D eigenvalue weighted by Gasteiger charge is 2.52. The molecule has 2 aliphatic heterocycles. The molecule has 0 aromatic heterocycles. The summed E-state index contributed by atoms with van der Waals surface area (Å²) in [6, 6.07) is -0.968. The monoisotopic (exact) mass is 325 g/mol. The molecule has 2 N–H and O–H groups in total. The number of carbonyl (C=O) groups is 3. The molecular weight excluding hydrogens is 302 g/mol. The van der Waals surface area contributed by atoms with Gasteiger partial charge in [-0.25, -0.2) is 14.5 Å². The molecule has 23 heavy (non-hydrogen) atoms. The highest BCUT2D eigenvalue weighted by atomic mass is 16.6. The number of imide groups is 1. The second-order valence-corrected chi connectivity index (χ2v) is 6.86. The second kappa shape index (κ2) is 5.84. The molecule has 0 radical (unpaired) electrons.